The van der Waals surface area contributed by atoms with Crippen LogP contribution in [0.25, 0.3) is 10.9 Å². The van der Waals surface area contributed by atoms with E-state index in [1.165, 1.54) is 5.39 Å². The van der Waals surface area contributed by atoms with E-state index in [2.05, 4.69) is 16.4 Å². The highest BCUT2D eigenvalue weighted by atomic mass is 16.5. The number of hydrogen-bond donors (Lipinski definition) is 2. The van der Waals surface area contributed by atoms with E-state index in [1.807, 2.05) is 72.6 Å². The first kappa shape index (κ1) is 21.9. The summed E-state index contributed by atoms with van der Waals surface area (Å²) in [5.74, 6) is -0.358. The molecule has 4 heterocycles. The van der Waals surface area contributed by atoms with Gasteiger partial charge in [0, 0.05) is 23.6 Å². The third-order valence-corrected chi connectivity index (χ3v) is 7.87. The summed E-state index contributed by atoms with van der Waals surface area (Å²) in [4.78, 5) is 32.1. The summed E-state index contributed by atoms with van der Waals surface area (Å²) in [5, 5.41) is 4.25. The first-order valence-electron chi connectivity index (χ1n) is 12.1. The molecular weight excluding hydrogens is 442 g/mol. The molecule has 7 heteroatoms. The number of para-hydroxylation sites is 1. The lowest BCUT2D eigenvalue weighted by molar-refractivity contribution is -0.138. The Bertz CT molecular complexity index is 1310. The smallest absolute Gasteiger partial charge is 0.230 e. The predicted octanol–water partition coefficient (Wildman–Crippen LogP) is 3.38. The van der Waals surface area contributed by atoms with E-state index >= 15 is 0 Å². The van der Waals surface area contributed by atoms with Crippen molar-refractivity contribution in [3.63, 3.8) is 0 Å². The first-order chi connectivity index (χ1) is 17.0. The van der Waals surface area contributed by atoms with Crippen LogP contribution in [0.15, 0.2) is 66.9 Å². The molecule has 3 aliphatic heterocycles. The number of likely N-dealkylation sites (tertiary alicyclic amines) is 1. The van der Waals surface area contributed by atoms with E-state index in [0.717, 1.165) is 22.4 Å². The quantitative estimate of drug-likeness (QED) is 0.518. The van der Waals surface area contributed by atoms with Crippen molar-refractivity contribution in [2.45, 2.75) is 31.1 Å². The standard InChI is InChI=1S/C28H29N3O4/c1-17(18-7-9-20(34-2)10-8-18)31-16-28-13-11-23(35-28)24(25(28)27(31)33)26(32)29-14-12-19-15-30-22-6-4-3-5-21(19)22/h3-11,13,15,17,23-25,30H,12,14,16H2,1-2H3,(H,29,32)/t17-,23-,24-,25-,28-/m0/s1. The Morgan fingerprint density at radius 2 is 2.06 bits per heavy atom. The van der Waals surface area contributed by atoms with Gasteiger partial charge in [-0.25, -0.2) is 0 Å². The second-order valence-electron chi connectivity index (χ2n) is 9.72. The summed E-state index contributed by atoms with van der Waals surface area (Å²) < 4.78 is 11.5. The SMILES string of the molecule is COc1ccc([C@H](C)N2C[C@]34C=C[C@H](O3)[C@H](C(=O)NCCc3c[nH]c5ccccc35)[C@H]4C2=O)cc1. The Kier molecular flexibility index (Phi) is 5.18. The van der Waals surface area contributed by atoms with Gasteiger partial charge >= 0.3 is 0 Å². The molecule has 6 rings (SSSR count). The molecule has 2 saturated heterocycles. The molecule has 0 unspecified atom stereocenters. The summed E-state index contributed by atoms with van der Waals surface area (Å²) in [6.45, 7) is 2.98. The van der Waals surface area contributed by atoms with Crippen LogP contribution in [0.3, 0.4) is 0 Å². The van der Waals surface area contributed by atoms with E-state index in [4.69, 9.17) is 9.47 Å². The second-order valence-corrected chi connectivity index (χ2v) is 9.72. The zero-order chi connectivity index (χ0) is 24.2. The van der Waals surface area contributed by atoms with Crippen molar-refractivity contribution in [1.29, 1.82) is 0 Å². The molecule has 3 aliphatic rings. The van der Waals surface area contributed by atoms with Gasteiger partial charge in [0.1, 0.15) is 11.4 Å². The molecule has 5 atom stereocenters. The first-order valence-corrected chi connectivity index (χ1v) is 12.1. The maximum Gasteiger partial charge on any atom is 0.230 e. The van der Waals surface area contributed by atoms with Gasteiger partial charge in [0.2, 0.25) is 11.8 Å². The van der Waals surface area contributed by atoms with Crippen LogP contribution in [-0.2, 0) is 20.7 Å². The van der Waals surface area contributed by atoms with Gasteiger partial charge in [-0.3, -0.25) is 9.59 Å². The van der Waals surface area contributed by atoms with Gasteiger partial charge in [-0.2, -0.15) is 0 Å². The Balaban J connectivity index is 1.16. The van der Waals surface area contributed by atoms with Gasteiger partial charge in [0.05, 0.1) is 37.6 Å². The average Bonchev–Trinajstić information content (AvgIpc) is 3.63. The van der Waals surface area contributed by atoms with Crippen molar-refractivity contribution in [2.24, 2.45) is 11.8 Å². The summed E-state index contributed by atoms with van der Waals surface area (Å²) >= 11 is 0. The van der Waals surface area contributed by atoms with Crippen LogP contribution in [0, 0.1) is 11.8 Å². The fraction of sp³-hybridized carbons (Fsp3) is 0.357. The molecule has 7 nitrogen and oxygen atoms in total. The number of nitrogens with zero attached hydrogens (tertiary/aromatic N) is 1. The van der Waals surface area contributed by atoms with Crippen molar-refractivity contribution >= 4 is 22.7 Å². The number of carbonyl (C=O) groups excluding carboxylic acids is 2. The fourth-order valence-electron chi connectivity index (χ4n) is 5.99. The third-order valence-electron chi connectivity index (χ3n) is 7.87. The number of hydrogen-bond acceptors (Lipinski definition) is 4. The van der Waals surface area contributed by atoms with Gasteiger partial charge in [-0.1, -0.05) is 42.5 Å². The summed E-state index contributed by atoms with van der Waals surface area (Å²) in [6.07, 6.45) is 6.31. The van der Waals surface area contributed by atoms with E-state index in [1.54, 1.807) is 7.11 Å². The number of fused-ring (bicyclic) bond motifs is 2. The number of methoxy groups -OCH3 is 1. The normalized spacial score (nSPS) is 27.4. The molecule has 2 bridgehead atoms. The third kappa shape index (κ3) is 3.45. The topological polar surface area (TPSA) is 83.7 Å². The molecule has 2 fully saturated rings. The molecule has 1 aromatic heterocycles. The number of carbonyl (C=O) groups is 2. The number of H-pyrrole nitrogens is 1. The van der Waals surface area contributed by atoms with Crippen molar-refractivity contribution < 1.29 is 19.1 Å². The number of nitrogens with one attached hydrogen (secondary N) is 2. The summed E-state index contributed by atoms with van der Waals surface area (Å²) in [6, 6.07) is 15.8. The monoisotopic (exact) mass is 471 g/mol. The Morgan fingerprint density at radius 1 is 1.26 bits per heavy atom. The predicted molar refractivity (Wildman–Crippen MR) is 132 cm³/mol. The van der Waals surface area contributed by atoms with E-state index in [9.17, 15) is 9.59 Å². The number of aromatic nitrogens is 1. The minimum atomic E-state index is -0.721. The highest BCUT2D eigenvalue weighted by Gasteiger charge is 2.67. The largest absolute Gasteiger partial charge is 0.497 e. The van der Waals surface area contributed by atoms with Gasteiger partial charge in [-0.05, 0) is 42.7 Å². The molecule has 2 amide bonds. The van der Waals surface area contributed by atoms with Crippen molar-refractivity contribution in [1.82, 2.24) is 15.2 Å². The van der Waals surface area contributed by atoms with Crippen molar-refractivity contribution in [3.05, 3.63) is 78.0 Å². The lowest BCUT2D eigenvalue weighted by Crippen LogP contribution is -2.44. The maximum atomic E-state index is 13.6. The van der Waals surface area contributed by atoms with Crippen molar-refractivity contribution in [3.8, 4) is 5.75 Å². The molecule has 0 radical (unpaired) electrons. The maximum absolute atomic E-state index is 13.6. The van der Waals surface area contributed by atoms with Gasteiger partial charge in [0.25, 0.3) is 0 Å². The van der Waals surface area contributed by atoms with Crippen LogP contribution >= 0.6 is 0 Å². The van der Waals surface area contributed by atoms with Gasteiger partial charge in [-0.15, -0.1) is 0 Å². The van der Waals surface area contributed by atoms with Crippen LogP contribution in [0.5, 0.6) is 5.75 Å². The number of aromatic amines is 1. The molecule has 35 heavy (non-hydrogen) atoms. The number of amides is 2. The minimum absolute atomic E-state index is 0.0167. The Morgan fingerprint density at radius 3 is 2.86 bits per heavy atom. The molecule has 3 aromatic rings. The zero-order valence-corrected chi connectivity index (χ0v) is 19.9. The minimum Gasteiger partial charge on any atom is -0.497 e. The fourth-order valence-corrected chi connectivity index (χ4v) is 5.99. The Labute approximate surface area is 204 Å². The number of benzene rings is 2. The molecule has 0 saturated carbocycles. The molecule has 0 aliphatic carbocycles. The molecule has 2 aromatic carbocycles. The average molecular weight is 472 g/mol. The van der Waals surface area contributed by atoms with Crippen LogP contribution < -0.4 is 10.1 Å². The Hall–Kier alpha value is -3.58. The van der Waals surface area contributed by atoms with Crippen molar-refractivity contribution in [2.75, 3.05) is 20.2 Å². The molecule has 180 valence electrons. The van der Waals surface area contributed by atoms with Crippen LogP contribution in [0.2, 0.25) is 0 Å². The number of ether oxygens (including phenoxy) is 2. The summed E-state index contributed by atoms with van der Waals surface area (Å²) in [7, 11) is 1.63. The number of rotatable bonds is 7. The lowest BCUT2D eigenvalue weighted by Gasteiger charge is -2.28. The lowest BCUT2D eigenvalue weighted by atomic mass is 9.77. The highest BCUT2D eigenvalue weighted by molar-refractivity contribution is 5.93. The van der Waals surface area contributed by atoms with E-state index < -0.39 is 17.4 Å². The van der Waals surface area contributed by atoms with Crippen LogP contribution in [0.1, 0.15) is 24.1 Å². The van der Waals surface area contributed by atoms with Crippen LogP contribution in [-0.4, -0.2) is 53.6 Å². The summed E-state index contributed by atoms with van der Waals surface area (Å²) in [5.41, 5.74) is 2.55. The highest BCUT2D eigenvalue weighted by Crippen LogP contribution is 2.53. The second kappa shape index (κ2) is 8.27. The van der Waals surface area contributed by atoms with Crippen LogP contribution in [0.4, 0.5) is 0 Å². The molecular formula is C28H29N3O4. The molecule has 2 N–H and O–H groups in total. The van der Waals surface area contributed by atoms with E-state index in [-0.39, 0.29) is 24.0 Å². The van der Waals surface area contributed by atoms with Gasteiger partial charge < -0.3 is 24.7 Å². The van der Waals surface area contributed by atoms with Gasteiger partial charge in [0.15, 0.2) is 0 Å². The zero-order valence-electron chi connectivity index (χ0n) is 19.9. The molecule has 1 spiro atoms. The van der Waals surface area contributed by atoms with E-state index in [0.29, 0.717) is 19.5 Å².